The monoisotopic (exact) mass is 500 g/mol. The van der Waals surface area contributed by atoms with Gasteiger partial charge in [0.15, 0.2) is 0 Å². The molecule has 3 aromatic rings. The summed E-state index contributed by atoms with van der Waals surface area (Å²) in [6.07, 6.45) is 0.244. The fraction of sp³-hybridized carbons (Fsp3) is 0.300. The number of carboxylic acids is 1. The molecule has 0 aliphatic heterocycles. The average Bonchev–Trinajstić information content (AvgIpc) is 3.23. The molecule has 2 amide bonds. The summed E-state index contributed by atoms with van der Waals surface area (Å²) in [6, 6.07) is 24.8. The molecule has 37 heavy (non-hydrogen) atoms. The summed E-state index contributed by atoms with van der Waals surface area (Å²) in [5.41, 5.74) is 5.39. The van der Waals surface area contributed by atoms with E-state index in [0.717, 1.165) is 27.8 Å². The van der Waals surface area contributed by atoms with E-state index in [1.807, 2.05) is 61.5 Å². The zero-order chi connectivity index (χ0) is 26.2. The van der Waals surface area contributed by atoms with Gasteiger partial charge in [-0.3, -0.25) is 9.59 Å². The number of nitrogens with zero attached hydrogens (tertiary/aromatic N) is 1. The summed E-state index contributed by atoms with van der Waals surface area (Å²) in [4.78, 5) is 39.0. The number of hydrogen-bond donors (Lipinski definition) is 2. The SMILES string of the molecule is CCC[C@@H](NC(=O)OCC1c2ccccc2-c2ccccc21)C(=O)N(CCC(=O)O)Cc1ccccc1. The Morgan fingerprint density at radius 3 is 2.11 bits per heavy atom. The number of fused-ring (bicyclic) bond motifs is 3. The van der Waals surface area contributed by atoms with Crippen LogP contribution in [0.15, 0.2) is 78.9 Å². The average molecular weight is 501 g/mol. The molecule has 1 aliphatic rings. The Kier molecular flexibility index (Phi) is 8.56. The number of benzene rings is 3. The smallest absolute Gasteiger partial charge is 0.407 e. The van der Waals surface area contributed by atoms with E-state index in [9.17, 15) is 19.5 Å². The first-order chi connectivity index (χ1) is 18.0. The molecule has 3 aromatic carbocycles. The molecule has 1 aliphatic carbocycles. The van der Waals surface area contributed by atoms with Crippen LogP contribution in [-0.4, -0.2) is 47.2 Å². The summed E-state index contributed by atoms with van der Waals surface area (Å²) >= 11 is 0. The summed E-state index contributed by atoms with van der Waals surface area (Å²) in [7, 11) is 0. The minimum Gasteiger partial charge on any atom is -0.481 e. The van der Waals surface area contributed by atoms with E-state index in [4.69, 9.17) is 4.74 Å². The molecule has 0 saturated heterocycles. The first-order valence-electron chi connectivity index (χ1n) is 12.6. The lowest BCUT2D eigenvalue weighted by atomic mass is 9.98. The number of carbonyl (C=O) groups is 3. The Morgan fingerprint density at radius 1 is 0.919 bits per heavy atom. The highest BCUT2D eigenvalue weighted by molar-refractivity contribution is 5.86. The Balaban J connectivity index is 1.43. The number of amides is 2. The molecule has 7 nitrogen and oxygen atoms in total. The van der Waals surface area contributed by atoms with Gasteiger partial charge in [0.05, 0.1) is 6.42 Å². The Labute approximate surface area is 217 Å². The number of ether oxygens (including phenoxy) is 1. The predicted molar refractivity (Wildman–Crippen MR) is 141 cm³/mol. The highest BCUT2D eigenvalue weighted by atomic mass is 16.5. The van der Waals surface area contributed by atoms with E-state index in [1.165, 1.54) is 4.90 Å². The van der Waals surface area contributed by atoms with Crippen molar-refractivity contribution in [3.63, 3.8) is 0 Å². The van der Waals surface area contributed by atoms with Crippen molar-refractivity contribution in [1.82, 2.24) is 10.2 Å². The van der Waals surface area contributed by atoms with Crippen LogP contribution in [0.4, 0.5) is 4.79 Å². The van der Waals surface area contributed by atoms with Crippen molar-refractivity contribution in [2.75, 3.05) is 13.2 Å². The number of alkyl carbamates (subject to hydrolysis) is 1. The standard InChI is InChI=1S/C30H32N2O5/c1-2-10-27(29(35)32(18-17-28(33)34)19-21-11-4-3-5-12-21)31-30(36)37-20-26-24-15-8-6-13-22(24)23-14-7-9-16-25(23)26/h3-9,11-16,26-27H,2,10,17-20H2,1H3,(H,31,36)(H,33,34)/t27-/m1/s1. The van der Waals surface area contributed by atoms with Gasteiger partial charge in [-0.05, 0) is 34.2 Å². The van der Waals surface area contributed by atoms with Gasteiger partial charge in [0, 0.05) is 19.0 Å². The zero-order valence-corrected chi connectivity index (χ0v) is 20.9. The normalized spacial score (nSPS) is 12.8. The molecule has 0 fully saturated rings. The number of carboxylic acid groups (broad SMARTS) is 1. The highest BCUT2D eigenvalue weighted by Gasteiger charge is 2.30. The number of hydrogen-bond acceptors (Lipinski definition) is 4. The second-order valence-electron chi connectivity index (χ2n) is 9.20. The highest BCUT2D eigenvalue weighted by Crippen LogP contribution is 2.44. The quantitative estimate of drug-likeness (QED) is 0.377. The van der Waals surface area contributed by atoms with Crippen molar-refractivity contribution in [1.29, 1.82) is 0 Å². The second-order valence-corrected chi connectivity index (χ2v) is 9.20. The van der Waals surface area contributed by atoms with Gasteiger partial charge in [0.1, 0.15) is 12.6 Å². The molecule has 4 rings (SSSR count). The van der Waals surface area contributed by atoms with Crippen LogP contribution < -0.4 is 5.32 Å². The van der Waals surface area contributed by atoms with Crippen LogP contribution in [0.5, 0.6) is 0 Å². The Morgan fingerprint density at radius 2 is 1.51 bits per heavy atom. The molecule has 0 heterocycles. The maximum absolute atomic E-state index is 13.4. The van der Waals surface area contributed by atoms with Gasteiger partial charge < -0.3 is 20.1 Å². The van der Waals surface area contributed by atoms with E-state index >= 15 is 0 Å². The first kappa shape index (κ1) is 25.9. The van der Waals surface area contributed by atoms with E-state index in [0.29, 0.717) is 12.8 Å². The molecule has 2 N–H and O–H groups in total. The maximum atomic E-state index is 13.4. The van der Waals surface area contributed by atoms with Crippen LogP contribution in [0.1, 0.15) is 48.8 Å². The topological polar surface area (TPSA) is 95.9 Å². The minimum atomic E-state index is -0.984. The Bertz CT molecular complexity index is 1200. The summed E-state index contributed by atoms with van der Waals surface area (Å²) < 4.78 is 5.65. The van der Waals surface area contributed by atoms with Gasteiger partial charge in [-0.25, -0.2) is 4.79 Å². The van der Waals surface area contributed by atoms with Crippen LogP contribution in [0.25, 0.3) is 11.1 Å². The van der Waals surface area contributed by atoms with Gasteiger partial charge in [-0.15, -0.1) is 0 Å². The lowest BCUT2D eigenvalue weighted by Gasteiger charge is -2.27. The van der Waals surface area contributed by atoms with Gasteiger partial charge in [-0.1, -0.05) is 92.2 Å². The molecule has 0 unspecified atom stereocenters. The molecule has 192 valence electrons. The molecular formula is C30H32N2O5. The van der Waals surface area contributed by atoms with Crippen LogP contribution in [0, 0.1) is 0 Å². The lowest BCUT2D eigenvalue weighted by Crippen LogP contribution is -2.49. The second kappa shape index (κ2) is 12.2. The van der Waals surface area contributed by atoms with Crippen molar-refractivity contribution in [2.24, 2.45) is 0 Å². The number of aliphatic carboxylic acids is 1. The van der Waals surface area contributed by atoms with Crippen LogP contribution in [0.3, 0.4) is 0 Å². The molecule has 7 heteroatoms. The summed E-state index contributed by atoms with van der Waals surface area (Å²) in [5.74, 6) is -1.38. The molecular weight excluding hydrogens is 468 g/mol. The molecule has 0 saturated carbocycles. The first-order valence-corrected chi connectivity index (χ1v) is 12.6. The zero-order valence-electron chi connectivity index (χ0n) is 20.9. The van der Waals surface area contributed by atoms with Crippen LogP contribution >= 0.6 is 0 Å². The third-order valence-electron chi connectivity index (χ3n) is 6.63. The molecule has 1 atom stereocenters. The largest absolute Gasteiger partial charge is 0.481 e. The van der Waals surface area contributed by atoms with Crippen molar-refractivity contribution >= 4 is 18.0 Å². The third-order valence-corrected chi connectivity index (χ3v) is 6.63. The summed E-state index contributed by atoms with van der Waals surface area (Å²) in [6.45, 7) is 2.40. The van der Waals surface area contributed by atoms with Crippen molar-refractivity contribution in [3.05, 3.63) is 95.6 Å². The van der Waals surface area contributed by atoms with Crippen molar-refractivity contribution in [2.45, 2.75) is 44.7 Å². The van der Waals surface area contributed by atoms with E-state index in [1.54, 1.807) is 0 Å². The number of rotatable bonds is 11. The van der Waals surface area contributed by atoms with Gasteiger partial charge in [0.25, 0.3) is 0 Å². The van der Waals surface area contributed by atoms with Gasteiger partial charge in [-0.2, -0.15) is 0 Å². The van der Waals surface area contributed by atoms with Crippen LogP contribution in [0.2, 0.25) is 0 Å². The molecule has 0 aromatic heterocycles. The fourth-order valence-electron chi connectivity index (χ4n) is 4.85. The molecule has 0 spiro atoms. The Hall–Kier alpha value is -4.13. The predicted octanol–water partition coefficient (Wildman–Crippen LogP) is 5.20. The van der Waals surface area contributed by atoms with E-state index in [-0.39, 0.29) is 37.9 Å². The minimum absolute atomic E-state index is 0.0512. The van der Waals surface area contributed by atoms with Crippen molar-refractivity contribution < 1.29 is 24.2 Å². The molecule has 0 radical (unpaired) electrons. The lowest BCUT2D eigenvalue weighted by molar-refractivity contribution is -0.139. The summed E-state index contributed by atoms with van der Waals surface area (Å²) in [5, 5.41) is 11.9. The maximum Gasteiger partial charge on any atom is 0.407 e. The number of carbonyl (C=O) groups excluding carboxylic acids is 2. The molecule has 0 bridgehead atoms. The number of nitrogens with one attached hydrogen (secondary N) is 1. The van der Waals surface area contributed by atoms with E-state index < -0.39 is 18.1 Å². The van der Waals surface area contributed by atoms with Gasteiger partial charge in [0.2, 0.25) is 5.91 Å². The third kappa shape index (κ3) is 6.36. The van der Waals surface area contributed by atoms with Crippen molar-refractivity contribution in [3.8, 4) is 11.1 Å². The van der Waals surface area contributed by atoms with Gasteiger partial charge >= 0.3 is 12.1 Å². The fourth-order valence-corrected chi connectivity index (χ4v) is 4.85. The van der Waals surface area contributed by atoms with Crippen LogP contribution in [-0.2, 0) is 20.9 Å². The van der Waals surface area contributed by atoms with E-state index in [2.05, 4.69) is 29.6 Å².